The van der Waals surface area contributed by atoms with Crippen LogP contribution in [0.4, 0.5) is 5.69 Å². The molecule has 2 heteroatoms. The predicted octanol–water partition coefficient (Wildman–Crippen LogP) is 11.6. The number of hydrogen-bond acceptors (Lipinski definition) is 2. The maximum Gasteiger partial charge on any atom is 0.136 e. The Balaban J connectivity index is 1.20. The summed E-state index contributed by atoms with van der Waals surface area (Å²) in [7, 11) is 0. The molecule has 2 aliphatic rings. The summed E-state index contributed by atoms with van der Waals surface area (Å²) in [6.45, 7) is 2.93. The molecule has 0 radical (unpaired) electrons. The van der Waals surface area contributed by atoms with Gasteiger partial charge in [0.15, 0.2) is 0 Å². The van der Waals surface area contributed by atoms with E-state index in [1.165, 1.54) is 77.3 Å². The second-order valence-electron chi connectivity index (χ2n) is 12.8. The van der Waals surface area contributed by atoms with E-state index in [9.17, 15) is 0 Å². The molecule has 0 amide bonds. The van der Waals surface area contributed by atoms with Crippen LogP contribution >= 0.6 is 0 Å². The molecular formula is C46H34N2. The summed E-state index contributed by atoms with van der Waals surface area (Å²) in [5, 5.41) is 5.00. The smallest absolute Gasteiger partial charge is 0.136 e. The zero-order chi connectivity index (χ0) is 32.0. The van der Waals surface area contributed by atoms with Gasteiger partial charge in [-0.25, -0.2) is 0 Å². The lowest BCUT2D eigenvalue weighted by atomic mass is 9.91. The monoisotopic (exact) mass is 614 g/mol. The van der Waals surface area contributed by atoms with E-state index < -0.39 is 0 Å². The number of rotatable bonds is 3. The molecule has 0 spiro atoms. The molecule has 1 unspecified atom stereocenters. The van der Waals surface area contributed by atoms with E-state index in [0.717, 1.165) is 12.4 Å². The second-order valence-corrected chi connectivity index (χ2v) is 12.8. The van der Waals surface area contributed by atoms with Gasteiger partial charge in [-0.15, -0.1) is 0 Å². The van der Waals surface area contributed by atoms with Gasteiger partial charge < -0.3 is 4.90 Å². The van der Waals surface area contributed by atoms with Crippen molar-refractivity contribution in [1.82, 2.24) is 0 Å². The van der Waals surface area contributed by atoms with Gasteiger partial charge in [0.1, 0.15) is 5.84 Å². The maximum absolute atomic E-state index is 5.39. The SMILES string of the molecule is CC1/C=C(c2cc(-c3ccc4ccccc4c3)cc(-c3ccc4ccccc4c3)c2)\C=C/CN2/C(=N\1)c1ccccc1-c1ccccc12. The summed E-state index contributed by atoms with van der Waals surface area (Å²) in [6, 6.07) is 55.1. The molecule has 7 aromatic rings. The molecule has 0 aromatic heterocycles. The van der Waals surface area contributed by atoms with Crippen molar-refractivity contribution in [3.63, 3.8) is 0 Å². The van der Waals surface area contributed by atoms with Crippen LogP contribution in [-0.4, -0.2) is 18.4 Å². The Morgan fingerprint density at radius 3 is 1.71 bits per heavy atom. The minimum Gasteiger partial charge on any atom is -0.322 e. The average Bonchev–Trinajstić information content (AvgIpc) is 3.23. The summed E-state index contributed by atoms with van der Waals surface area (Å²) < 4.78 is 0. The summed E-state index contributed by atoms with van der Waals surface area (Å²) in [4.78, 5) is 7.76. The van der Waals surface area contributed by atoms with Crippen molar-refractivity contribution >= 4 is 38.6 Å². The third-order valence-corrected chi connectivity index (χ3v) is 9.67. The Morgan fingerprint density at radius 1 is 0.500 bits per heavy atom. The maximum atomic E-state index is 5.39. The average molecular weight is 615 g/mol. The molecule has 0 N–H and O–H groups in total. The highest BCUT2D eigenvalue weighted by Gasteiger charge is 2.27. The Hall–Kier alpha value is -5.99. The van der Waals surface area contributed by atoms with Gasteiger partial charge in [-0.3, -0.25) is 4.99 Å². The van der Waals surface area contributed by atoms with Crippen molar-refractivity contribution in [2.24, 2.45) is 4.99 Å². The van der Waals surface area contributed by atoms with E-state index in [0.29, 0.717) is 0 Å². The molecule has 0 fully saturated rings. The third kappa shape index (κ3) is 5.03. The van der Waals surface area contributed by atoms with Gasteiger partial charge in [-0.2, -0.15) is 0 Å². The molecule has 9 rings (SSSR count). The van der Waals surface area contributed by atoms with E-state index in [1.54, 1.807) is 0 Å². The first-order valence-electron chi connectivity index (χ1n) is 16.7. The Kier molecular flexibility index (Phi) is 6.87. The molecule has 0 saturated carbocycles. The van der Waals surface area contributed by atoms with Crippen LogP contribution in [0.15, 0.2) is 175 Å². The molecule has 228 valence electrons. The van der Waals surface area contributed by atoms with E-state index in [4.69, 9.17) is 4.99 Å². The molecule has 2 nitrogen and oxygen atoms in total. The van der Waals surface area contributed by atoms with Crippen molar-refractivity contribution < 1.29 is 0 Å². The topological polar surface area (TPSA) is 15.6 Å². The molecule has 48 heavy (non-hydrogen) atoms. The van der Waals surface area contributed by atoms with Crippen LogP contribution in [0.5, 0.6) is 0 Å². The van der Waals surface area contributed by atoms with Crippen LogP contribution < -0.4 is 4.90 Å². The van der Waals surface area contributed by atoms with Gasteiger partial charge in [0, 0.05) is 17.7 Å². The quantitative estimate of drug-likeness (QED) is 0.193. The van der Waals surface area contributed by atoms with E-state index in [1.807, 2.05) is 0 Å². The number of hydrogen-bond donors (Lipinski definition) is 0. The van der Waals surface area contributed by atoms with Crippen LogP contribution in [-0.2, 0) is 0 Å². The number of anilines is 1. The summed E-state index contributed by atoms with van der Waals surface area (Å²) in [5.41, 5.74) is 12.1. The van der Waals surface area contributed by atoms with Crippen LogP contribution in [0, 0.1) is 0 Å². The number of aliphatic imine (C=N–C) groups is 1. The van der Waals surface area contributed by atoms with Crippen molar-refractivity contribution in [3.05, 3.63) is 181 Å². The standard InChI is InChI=1S/C46H34N2/c1-31-25-34(15-10-24-48-45-19-9-8-17-43(45)42-16-6-7-18-44(42)46(48)47-31)39-28-40(37-22-20-32-11-2-4-13-35(32)26-37)30-41(29-39)38-23-21-33-12-3-5-14-36(33)27-38/h2-23,25-31H,24H2,1H3/b15-10-,34-25+,47-46-. The second kappa shape index (κ2) is 11.7. The molecule has 0 saturated heterocycles. The molecule has 7 aromatic carbocycles. The lowest BCUT2D eigenvalue weighted by Crippen LogP contribution is -2.36. The number of para-hydroxylation sites is 1. The fourth-order valence-electron chi connectivity index (χ4n) is 7.32. The Bertz CT molecular complexity index is 2360. The summed E-state index contributed by atoms with van der Waals surface area (Å²) in [6.07, 6.45) is 6.91. The normalized spacial score (nSPS) is 18.3. The molecule has 0 aliphatic carbocycles. The number of benzene rings is 7. The van der Waals surface area contributed by atoms with Crippen molar-refractivity contribution in [1.29, 1.82) is 0 Å². The van der Waals surface area contributed by atoms with Crippen LogP contribution in [0.3, 0.4) is 0 Å². The fourth-order valence-corrected chi connectivity index (χ4v) is 7.32. The first kappa shape index (κ1) is 28.3. The van der Waals surface area contributed by atoms with Gasteiger partial charge >= 0.3 is 0 Å². The zero-order valence-electron chi connectivity index (χ0n) is 26.8. The first-order chi connectivity index (χ1) is 23.7. The van der Waals surface area contributed by atoms with Crippen molar-refractivity contribution in [2.75, 3.05) is 11.4 Å². The number of allylic oxidation sites excluding steroid dienone is 2. The zero-order valence-corrected chi connectivity index (χ0v) is 26.8. The first-order valence-corrected chi connectivity index (χ1v) is 16.7. The molecular weight excluding hydrogens is 581 g/mol. The molecule has 2 aliphatic heterocycles. The van der Waals surface area contributed by atoms with Crippen LogP contribution in [0.25, 0.3) is 60.5 Å². The minimum absolute atomic E-state index is 0.0352. The third-order valence-electron chi connectivity index (χ3n) is 9.67. The van der Waals surface area contributed by atoms with Gasteiger partial charge in [-0.05, 0) is 104 Å². The van der Waals surface area contributed by atoms with Gasteiger partial charge in [0.25, 0.3) is 0 Å². The summed E-state index contributed by atoms with van der Waals surface area (Å²) in [5.74, 6) is 1.03. The fraction of sp³-hybridized carbons (Fsp3) is 0.0652. The van der Waals surface area contributed by atoms with E-state index in [-0.39, 0.29) is 6.04 Å². The van der Waals surface area contributed by atoms with E-state index in [2.05, 4.69) is 182 Å². The largest absolute Gasteiger partial charge is 0.322 e. The minimum atomic E-state index is -0.0352. The van der Waals surface area contributed by atoms with Crippen LogP contribution in [0.1, 0.15) is 18.1 Å². The summed E-state index contributed by atoms with van der Waals surface area (Å²) >= 11 is 0. The molecule has 2 heterocycles. The highest BCUT2D eigenvalue weighted by atomic mass is 15.2. The highest BCUT2D eigenvalue weighted by Crippen LogP contribution is 2.40. The van der Waals surface area contributed by atoms with Crippen molar-refractivity contribution in [3.8, 4) is 33.4 Å². The number of amidine groups is 1. The number of nitrogens with zero attached hydrogens (tertiary/aromatic N) is 2. The van der Waals surface area contributed by atoms with Crippen LogP contribution in [0.2, 0.25) is 0 Å². The lowest BCUT2D eigenvalue weighted by molar-refractivity contribution is 0.917. The predicted molar refractivity (Wildman–Crippen MR) is 205 cm³/mol. The van der Waals surface area contributed by atoms with Crippen molar-refractivity contribution in [2.45, 2.75) is 13.0 Å². The molecule has 1 atom stereocenters. The molecule has 0 bridgehead atoms. The van der Waals surface area contributed by atoms with E-state index >= 15 is 0 Å². The highest BCUT2D eigenvalue weighted by molar-refractivity contribution is 6.19. The van der Waals surface area contributed by atoms with Gasteiger partial charge in [0.05, 0.1) is 11.7 Å². The Labute approximate surface area is 281 Å². The number of fused-ring (bicyclic) bond motifs is 8. The van der Waals surface area contributed by atoms with Gasteiger partial charge in [-0.1, -0.05) is 133 Å². The van der Waals surface area contributed by atoms with Gasteiger partial charge in [0.2, 0.25) is 0 Å². The lowest BCUT2D eigenvalue weighted by Gasteiger charge is -2.33. The Morgan fingerprint density at radius 2 is 1.04 bits per heavy atom.